The number of aliphatic hydroxyl groups is 4. The fourth-order valence-electron chi connectivity index (χ4n) is 12.1. The molecule has 0 bridgehead atoms. The van der Waals surface area contributed by atoms with Crippen LogP contribution >= 0.6 is 0 Å². The minimum atomic E-state index is -1.79. The molecule has 15 atom stereocenters. The molecule has 0 spiro atoms. The number of aliphatic hydroxyl groups excluding tert-OH is 4. The molecular formula is C36H56O10. The smallest absolute Gasteiger partial charge is 0.335 e. The Morgan fingerprint density at radius 3 is 2.17 bits per heavy atom. The van der Waals surface area contributed by atoms with Gasteiger partial charge in [0.25, 0.3) is 0 Å². The molecule has 4 saturated carbocycles. The number of carboxylic acid groups (broad SMARTS) is 2. The van der Waals surface area contributed by atoms with Gasteiger partial charge < -0.3 is 40.1 Å². The Kier molecular flexibility index (Phi) is 8.18. The van der Waals surface area contributed by atoms with Gasteiger partial charge in [-0.3, -0.25) is 4.79 Å². The Bertz CT molecular complexity index is 1290. The molecular weight excluding hydrogens is 592 g/mol. The van der Waals surface area contributed by atoms with Crippen molar-refractivity contribution in [1.82, 2.24) is 0 Å². The van der Waals surface area contributed by atoms with E-state index in [-0.39, 0.29) is 40.1 Å². The number of fused-ring (bicyclic) bond motifs is 7. The highest BCUT2D eigenvalue weighted by Crippen LogP contribution is 2.75. The van der Waals surface area contributed by atoms with Crippen LogP contribution in [0.5, 0.6) is 0 Å². The first-order valence-corrected chi connectivity index (χ1v) is 17.4. The highest BCUT2D eigenvalue weighted by atomic mass is 16.7. The second-order valence-corrected chi connectivity index (χ2v) is 17.6. The standard InChI is InChI=1S/C36H56O10/c1-31-13-14-32(2,30(43)44)17-20(31)19-7-8-22-33(3)11-10-23(45-29-26(40)24(38)25(39)27(46-29)28(41)42)34(4,18-37)21(33)9-12-36(22,6)35(19,5)16-15-31/h7,20-27,29,37-40H,8-18H2,1-6H3,(H,41,42)(H,43,44)/t20-,21+,22+,23-,24-,25-,26+,27-,29+,31+,32+,33-,34+,35+,36+/m0/s1. The molecule has 1 aliphatic heterocycles. The summed E-state index contributed by atoms with van der Waals surface area (Å²) in [6, 6.07) is 0. The highest BCUT2D eigenvalue weighted by Gasteiger charge is 2.69. The van der Waals surface area contributed by atoms with Gasteiger partial charge in [-0.2, -0.15) is 0 Å². The summed E-state index contributed by atoms with van der Waals surface area (Å²) in [5, 5.41) is 62.0. The first-order chi connectivity index (χ1) is 21.3. The molecule has 5 aliphatic carbocycles. The van der Waals surface area contributed by atoms with Crippen molar-refractivity contribution in [3.05, 3.63) is 11.6 Å². The summed E-state index contributed by atoms with van der Waals surface area (Å²) in [7, 11) is 0. The van der Waals surface area contributed by atoms with Crippen molar-refractivity contribution in [2.45, 2.75) is 143 Å². The van der Waals surface area contributed by atoms with Crippen molar-refractivity contribution in [3.8, 4) is 0 Å². The van der Waals surface area contributed by atoms with Crippen LogP contribution in [-0.4, -0.2) is 86.0 Å². The van der Waals surface area contributed by atoms with Gasteiger partial charge in [-0.25, -0.2) is 4.79 Å². The van der Waals surface area contributed by atoms with E-state index in [2.05, 4.69) is 33.8 Å². The van der Waals surface area contributed by atoms with Crippen molar-refractivity contribution in [2.24, 2.45) is 50.2 Å². The van der Waals surface area contributed by atoms with E-state index in [1.165, 1.54) is 5.57 Å². The third-order valence-corrected chi connectivity index (χ3v) is 15.5. The summed E-state index contributed by atoms with van der Waals surface area (Å²) in [5.41, 5.74) is -0.0406. The first-order valence-electron chi connectivity index (χ1n) is 17.4. The Hall–Kier alpha value is -1.56. The van der Waals surface area contributed by atoms with E-state index < -0.39 is 59.6 Å². The molecule has 6 rings (SSSR count). The summed E-state index contributed by atoms with van der Waals surface area (Å²) in [4.78, 5) is 24.1. The van der Waals surface area contributed by atoms with Crippen molar-refractivity contribution in [3.63, 3.8) is 0 Å². The second kappa shape index (κ2) is 11.0. The van der Waals surface area contributed by atoms with Crippen LogP contribution in [0.2, 0.25) is 0 Å². The summed E-state index contributed by atoms with van der Waals surface area (Å²) < 4.78 is 11.8. The van der Waals surface area contributed by atoms with Gasteiger partial charge in [-0.1, -0.05) is 46.3 Å². The van der Waals surface area contributed by atoms with Gasteiger partial charge >= 0.3 is 11.9 Å². The number of aliphatic carboxylic acids is 2. The van der Waals surface area contributed by atoms with Crippen LogP contribution in [0, 0.1) is 50.2 Å². The molecule has 5 fully saturated rings. The Balaban J connectivity index is 1.30. The Labute approximate surface area is 272 Å². The van der Waals surface area contributed by atoms with Gasteiger partial charge in [0, 0.05) is 5.41 Å². The van der Waals surface area contributed by atoms with E-state index in [1.54, 1.807) is 0 Å². The number of carboxylic acids is 2. The normalized spacial score (nSPS) is 55.2. The molecule has 0 aromatic heterocycles. The average molecular weight is 649 g/mol. The minimum absolute atomic E-state index is 0.0115. The number of hydrogen-bond acceptors (Lipinski definition) is 8. The minimum Gasteiger partial charge on any atom is -0.481 e. The van der Waals surface area contributed by atoms with Gasteiger partial charge in [0.1, 0.15) is 18.3 Å². The molecule has 0 amide bonds. The van der Waals surface area contributed by atoms with Gasteiger partial charge in [-0.15, -0.1) is 0 Å². The first kappa shape index (κ1) is 34.3. The number of ether oxygens (including phenoxy) is 2. The van der Waals surface area contributed by atoms with Crippen LogP contribution in [-0.2, 0) is 19.1 Å². The lowest BCUT2D eigenvalue weighted by atomic mass is 9.33. The summed E-state index contributed by atoms with van der Waals surface area (Å²) >= 11 is 0. The fourth-order valence-corrected chi connectivity index (χ4v) is 12.1. The molecule has 6 N–H and O–H groups in total. The van der Waals surface area contributed by atoms with Crippen LogP contribution in [0.1, 0.15) is 106 Å². The summed E-state index contributed by atoms with van der Waals surface area (Å²) in [5.74, 6) is -1.48. The molecule has 1 saturated heterocycles. The van der Waals surface area contributed by atoms with Gasteiger partial charge in [0.2, 0.25) is 0 Å². The lowest BCUT2D eigenvalue weighted by Crippen LogP contribution is -2.67. The second-order valence-electron chi connectivity index (χ2n) is 17.6. The maximum absolute atomic E-state index is 12.4. The average Bonchev–Trinajstić information content (AvgIpc) is 2.99. The van der Waals surface area contributed by atoms with Crippen molar-refractivity contribution < 1.29 is 49.7 Å². The lowest BCUT2D eigenvalue weighted by Gasteiger charge is -2.71. The molecule has 10 nitrogen and oxygen atoms in total. The van der Waals surface area contributed by atoms with E-state index in [0.29, 0.717) is 18.8 Å². The maximum atomic E-state index is 12.4. The zero-order chi connectivity index (χ0) is 33.8. The number of carbonyl (C=O) groups is 2. The van der Waals surface area contributed by atoms with Gasteiger partial charge in [0.05, 0.1) is 18.1 Å². The zero-order valence-corrected chi connectivity index (χ0v) is 28.4. The lowest BCUT2D eigenvalue weighted by molar-refractivity contribution is -0.327. The molecule has 0 radical (unpaired) electrons. The zero-order valence-electron chi connectivity index (χ0n) is 28.4. The van der Waals surface area contributed by atoms with E-state index in [4.69, 9.17) is 9.47 Å². The summed E-state index contributed by atoms with van der Waals surface area (Å²) in [6.45, 7) is 13.5. The van der Waals surface area contributed by atoms with Crippen LogP contribution in [0.15, 0.2) is 11.6 Å². The third-order valence-electron chi connectivity index (χ3n) is 15.5. The van der Waals surface area contributed by atoms with Crippen molar-refractivity contribution in [2.75, 3.05) is 6.61 Å². The molecule has 10 heteroatoms. The topological polar surface area (TPSA) is 174 Å². The van der Waals surface area contributed by atoms with E-state index in [9.17, 15) is 40.2 Å². The number of hydrogen-bond donors (Lipinski definition) is 6. The van der Waals surface area contributed by atoms with E-state index in [1.807, 2.05) is 13.8 Å². The molecule has 0 aromatic rings. The molecule has 0 unspecified atom stereocenters. The fraction of sp³-hybridized carbons (Fsp3) is 0.889. The van der Waals surface area contributed by atoms with E-state index >= 15 is 0 Å². The number of rotatable bonds is 5. The molecule has 260 valence electrons. The largest absolute Gasteiger partial charge is 0.481 e. The van der Waals surface area contributed by atoms with E-state index in [0.717, 1.165) is 51.4 Å². The molecule has 0 aromatic carbocycles. The van der Waals surface area contributed by atoms with Crippen LogP contribution in [0.4, 0.5) is 0 Å². The van der Waals surface area contributed by atoms with Crippen molar-refractivity contribution in [1.29, 1.82) is 0 Å². The van der Waals surface area contributed by atoms with Crippen LogP contribution < -0.4 is 0 Å². The molecule has 6 aliphatic rings. The SMILES string of the molecule is C[C@@]1(C(=O)O)CC[C@]2(C)CC[C@]3(C)C(=CC[C@@H]4[C@@]5(C)CC[C@H](O[C@@H]6O[C@H](C(=O)O)[C@@H](O)[C@H](O)[C@H]6O)[C@](C)(CO)[C@@H]5CC[C@]43C)[C@@H]2C1. The van der Waals surface area contributed by atoms with Crippen LogP contribution in [0.3, 0.4) is 0 Å². The maximum Gasteiger partial charge on any atom is 0.335 e. The Morgan fingerprint density at radius 1 is 0.870 bits per heavy atom. The molecule has 1 heterocycles. The van der Waals surface area contributed by atoms with Gasteiger partial charge in [-0.05, 0) is 111 Å². The highest BCUT2D eigenvalue weighted by molar-refractivity contribution is 5.74. The van der Waals surface area contributed by atoms with Gasteiger partial charge in [0.15, 0.2) is 12.4 Å². The number of allylic oxidation sites excluding steroid dienone is 2. The molecule has 46 heavy (non-hydrogen) atoms. The monoisotopic (exact) mass is 648 g/mol. The van der Waals surface area contributed by atoms with Crippen LogP contribution in [0.25, 0.3) is 0 Å². The van der Waals surface area contributed by atoms with Crippen molar-refractivity contribution >= 4 is 11.9 Å². The predicted octanol–water partition coefficient (Wildman–Crippen LogP) is 4.12. The third kappa shape index (κ3) is 4.56. The Morgan fingerprint density at radius 2 is 1.54 bits per heavy atom. The summed E-state index contributed by atoms with van der Waals surface area (Å²) in [6.07, 6.45) is 2.17. The quantitative estimate of drug-likeness (QED) is 0.188. The predicted molar refractivity (Wildman–Crippen MR) is 167 cm³/mol.